The van der Waals surface area contributed by atoms with Crippen molar-refractivity contribution in [2.24, 2.45) is 0 Å². The summed E-state index contributed by atoms with van der Waals surface area (Å²) >= 11 is 9.42. The molecule has 0 radical (unpaired) electrons. The van der Waals surface area contributed by atoms with Gasteiger partial charge in [-0.15, -0.1) is 0 Å². The second-order valence-electron chi connectivity index (χ2n) is 6.01. The Morgan fingerprint density at radius 3 is 2.64 bits per heavy atom. The molecule has 0 aliphatic heterocycles. The van der Waals surface area contributed by atoms with Crippen LogP contribution in [0.1, 0.15) is 10.4 Å². The van der Waals surface area contributed by atoms with Crippen molar-refractivity contribution in [3.63, 3.8) is 0 Å². The van der Waals surface area contributed by atoms with Gasteiger partial charge < -0.3 is 14.5 Å². The van der Waals surface area contributed by atoms with Crippen molar-refractivity contribution in [1.82, 2.24) is 4.98 Å². The third-order valence-corrected chi connectivity index (χ3v) is 4.91. The normalized spacial score (nSPS) is 10.8. The lowest BCUT2D eigenvalue weighted by Crippen LogP contribution is -2.13. The fourth-order valence-corrected chi connectivity index (χ4v) is 3.21. The Kier molecular flexibility index (Phi) is 5.07. The zero-order chi connectivity index (χ0) is 19.7. The van der Waals surface area contributed by atoms with Crippen LogP contribution in [0.4, 0.5) is 5.69 Å². The zero-order valence-electron chi connectivity index (χ0n) is 14.7. The summed E-state index contributed by atoms with van der Waals surface area (Å²) in [5.74, 6) is 0.639. The molecule has 7 heteroatoms. The number of benzene rings is 3. The molecule has 4 aromatic rings. The molecular weight excluding hydrogens is 444 g/mol. The van der Waals surface area contributed by atoms with E-state index in [1.54, 1.807) is 36.4 Å². The molecule has 0 bridgehead atoms. The summed E-state index contributed by atoms with van der Waals surface area (Å²) < 4.78 is 12.0. The van der Waals surface area contributed by atoms with E-state index in [2.05, 4.69) is 26.2 Å². The number of nitrogens with one attached hydrogen (secondary N) is 1. The van der Waals surface area contributed by atoms with Crippen molar-refractivity contribution in [2.45, 2.75) is 0 Å². The molecule has 140 valence electrons. The van der Waals surface area contributed by atoms with Crippen LogP contribution in [0.5, 0.6) is 5.75 Å². The molecule has 1 heterocycles. The summed E-state index contributed by atoms with van der Waals surface area (Å²) in [5, 5.41) is 3.30. The van der Waals surface area contributed by atoms with Gasteiger partial charge in [-0.3, -0.25) is 4.79 Å². The summed E-state index contributed by atoms with van der Waals surface area (Å²) in [4.78, 5) is 17.2. The number of anilines is 1. The molecule has 0 saturated carbocycles. The van der Waals surface area contributed by atoms with Gasteiger partial charge >= 0.3 is 0 Å². The number of oxazole rings is 1. The number of carbonyl (C=O) groups excluding carboxylic acids is 1. The predicted molar refractivity (Wildman–Crippen MR) is 113 cm³/mol. The second kappa shape index (κ2) is 7.66. The summed E-state index contributed by atoms with van der Waals surface area (Å²) in [6.45, 7) is 0. The van der Waals surface area contributed by atoms with Gasteiger partial charge in [0.25, 0.3) is 5.91 Å². The maximum atomic E-state index is 12.6. The van der Waals surface area contributed by atoms with Crippen LogP contribution >= 0.6 is 27.5 Å². The first-order chi connectivity index (χ1) is 13.5. The van der Waals surface area contributed by atoms with Crippen LogP contribution in [0.15, 0.2) is 69.6 Å². The first-order valence-electron chi connectivity index (χ1n) is 8.35. The maximum Gasteiger partial charge on any atom is 0.259 e. The number of halogens is 2. The number of hydrogen-bond acceptors (Lipinski definition) is 4. The number of carbonyl (C=O) groups is 1. The van der Waals surface area contributed by atoms with E-state index in [4.69, 9.17) is 20.8 Å². The number of nitrogens with zero attached hydrogens (tertiary/aromatic N) is 1. The lowest BCUT2D eigenvalue weighted by molar-refractivity contribution is 0.102. The van der Waals surface area contributed by atoms with Crippen molar-refractivity contribution in [3.8, 4) is 17.2 Å². The Balaban J connectivity index is 1.62. The average molecular weight is 458 g/mol. The highest BCUT2D eigenvalue weighted by Gasteiger charge is 2.15. The minimum Gasteiger partial charge on any atom is -0.496 e. The van der Waals surface area contributed by atoms with Gasteiger partial charge in [-0.25, -0.2) is 4.98 Å². The van der Waals surface area contributed by atoms with E-state index in [1.165, 1.54) is 7.11 Å². The number of methoxy groups -OCH3 is 1. The number of fused-ring (bicyclic) bond motifs is 1. The van der Waals surface area contributed by atoms with E-state index in [0.717, 1.165) is 10.0 Å². The highest BCUT2D eigenvalue weighted by molar-refractivity contribution is 9.10. The van der Waals surface area contributed by atoms with Gasteiger partial charge in [-0.1, -0.05) is 27.5 Å². The van der Waals surface area contributed by atoms with Crippen molar-refractivity contribution in [2.75, 3.05) is 12.4 Å². The molecule has 28 heavy (non-hydrogen) atoms. The van der Waals surface area contributed by atoms with E-state index < -0.39 is 0 Å². The van der Waals surface area contributed by atoms with Gasteiger partial charge in [0.2, 0.25) is 5.89 Å². The Morgan fingerprint density at radius 1 is 1.11 bits per heavy atom. The first kappa shape index (κ1) is 18.5. The smallest absolute Gasteiger partial charge is 0.259 e. The summed E-state index contributed by atoms with van der Waals surface area (Å²) in [5.41, 5.74) is 3.10. The molecule has 5 nitrogen and oxygen atoms in total. The average Bonchev–Trinajstić information content (AvgIpc) is 3.11. The minimum atomic E-state index is -0.324. The van der Waals surface area contributed by atoms with Crippen molar-refractivity contribution in [3.05, 3.63) is 75.7 Å². The maximum absolute atomic E-state index is 12.6. The molecule has 1 aromatic heterocycles. The highest BCUT2D eigenvalue weighted by atomic mass is 79.9. The van der Waals surface area contributed by atoms with Crippen LogP contribution in [0.25, 0.3) is 22.6 Å². The third kappa shape index (κ3) is 3.74. The third-order valence-electron chi connectivity index (χ3n) is 4.14. The van der Waals surface area contributed by atoms with Crippen LogP contribution in [0, 0.1) is 0 Å². The molecule has 3 aromatic carbocycles. The predicted octanol–water partition coefficient (Wildman–Crippen LogP) is 6.17. The summed E-state index contributed by atoms with van der Waals surface area (Å²) in [6, 6.07) is 17.9. The molecule has 0 unspecified atom stereocenters. The van der Waals surface area contributed by atoms with Crippen molar-refractivity contribution < 1.29 is 13.9 Å². The Labute approximate surface area is 174 Å². The molecule has 0 aliphatic rings. The molecule has 4 rings (SSSR count). The van der Waals surface area contributed by atoms with Crippen LogP contribution < -0.4 is 10.1 Å². The standard InChI is InChI=1S/C21H14BrClN2O3/c1-27-18-8-6-14(23)10-16(18)20(26)24-15-7-9-19-17(11-15)25-21(28-19)12-2-4-13(22)5-3-12/h2-11H,1H3,(H,24,26). The Morgan fingerprint density at radius 2 is 1.89 bits per heavy atom. The van der Waals surface area contributed by atoms with Crippen molar-refractivity contribution in [1.29, 1.82) is 0 Å². The van der Waals surface area contributed by atoms with Gasteiger partial charge in [0.15, 0.2) is 5.58 Å². The van der Waals surface area contributed by atoms with E-state index >= 15 is 0 Å². The Hall–Kier alpha value is -2.83. The highest BCUT2D eigenvalue weighted by Crippen LogP contribution is 2.28. The quantitative estimate of drug-likeness (QED) is 0.398. The molecule has 0 fully saturated rings. The van der Waals surface area contributed by atoms with Gasteiger partial charge in [0, 0.05) is 20.7 Å². The van der Waals surface area contributed by atoms with E-state index in [-0.39, 0.29) is 5.91 Å². The fraction of sp³-hybridized carbons (Fsp3) is 0.0476. The van der Waals surface area contributed by atoms with Crippen LogP contribution in [0.3, 0.4) is 0 Å². The largest absolute Gasteiger partial charge is 0.496 e. The van der Waals surface area contributed by atoms with E-state index in [0.29, 0.717) is 39.0 Å². The van der Waals surface area contributed by atoms with Crippen LogP contribution in [0.2, 0.25) is 5.02 Å². The molecule has 0 aliphatic carbocycles. The van der Waals surface area contributed by atoms with E-state index in [9.17, 15) is 4.79 Å². The SMILES string of the molecule is COc1ccc(Cl)cc1C(=O)Nc1ccc2oc(-c3ccc(Br)cc3)nc2c1. The molecule has 0 spiro atoms. The van der Waals surface area contributed by atoms with Gasteiger partial charge in [-0.2, -0.15) is 0 Å². The number of hydrogen-bond donors (Lipinski definition) is 1. The molecule has 0 saturated heterocycles. The Bertz CT molecular complexity index is 1170. The zero-order valence-corrected chi connectivity index (χ0v) is 17.0. The van der Waals surface area contributed by atoms with E-state index in [1.807, 2.05) is 24.3 Å². The second-order valence-corrected chi connectivity index (χ2v) is 7.36. The minimum absolute atomic E-state index is 0.324. The number of ether oxygens (including phenoxy) is 1. The van der Waals surface area contributed by atoms with Crippen molar-refractivity contribution >= 4 is 50.2 Å². The van der Waals surface area contributed by atoms with Gasteiger partial charge in [0.1, 0.15) is 11.3 Å². The number of rotatable bonds is 4. The summed E-state index contributed by atoms with van der Waals surface area (Å²) in [7, 11) is 1.51. The molecular formula is C21H14BrClN2O3. The van der Waals surface area contributed by atoms with Crippen LogP contribution in [-0.4, -0.2) is 18.0 Å². The van der Waals surface area contributed by atoms with Gasteiger partial charge in [0.05, 0.1) is 12.7 Å². The monoisotopic (exact) mass is 456 g/mol. The first-order valence-corrected chi connectivity index (χ1v) is 9.52. The van der Waals surface area contributed by atoms with Gasteiger partial charge in [-0.05, 0) is 60.7 Å². The number of amides is 1. The molecule has 1 amide bonds. The fourth-order valence-electron chi connectivity index (χ4n) is 2.78. The molecule has 1 N–H and O–H groups in total. The molecule has 0 atom stereocenters. The summed E-state index contributed by atoms with van der Waals surface area (Å²) in [6.07, 6.45) is 0. The lowest BCUT2D eigenvalue weighted by Gasteiger charge is -2.09. The number of aromatic nitrogens is 1. The topological polar surface area (TPSA) is 64.4 Å². The lowest BCUT2D eigenvalue weighted by atomic mass is 10.1. The van der Waals surface area contributed by atoms with Crippen LogP contribution in [-0.2, 0) is 0 Å².